The number of anilines is 2. The molecule has 20 heavy (non-hydrogen) atoms. The van der Waals surface area contributed by atoms with Gasteiger partial charge in [0.25, 0.3) is 0 Å². The molecular formula is C13H16F3N3O. The number of amides is 1. The molecular weight excluding hydrogens is 271 g/mol. The molecule has 4 nitrogen and oxygen atoms in total. The van der Waals surface area contributed by atoms with Crippen LogP contribution in [0.15, 0.2) is 18.2 Å². The molecule has 0 radical (unpaired) electrons. The summed E-state index contributed by atoms with van der Waals surface area (Å²) in [6.45, 7) is 1.90. The number of nitrogens with zero attached hydrogens (tertiary/aromatic N) is 1. The van der Waals surface area contributed by atoms with Gasteiger partial charge in [-0.1, -0.05) is 0 Å². The number of nitrogens with two attached hydrogens (primary N) is 1. The summed E-state index contributed by atoms with van der Waals surface area (Å²) in [5.74, 6) is -0.315. The van der Waals surface area contributed by atoms with Gasteiger partial charge in [0.2, 0.25) is 5.91 Å². The molecule has 1 amide bonds. The predicted molar refractivity (Wildman–Crippen MR) is 70.2 cm³/mol. The average Bonchev–Trinajstić information content (AvgIpc) is 2.83. The van der Waals surface area contributed by atoms with Crippen molar-refractivity contribution in [2.75, 3.05) is 30.7 Å². The summed E-state index contributed by atoms with van der Waals surface area (Å²) in [6, 6.07) is 3.37. The number of halogens is 3. The van der Waals surface area contributed by atoms with Crippen LogP contribution >= 0.6 is 0 Å². The van der Waals surface area contributed by atoms with Crippen LogP contribution in [0.2, 0.25) is 0 Å². The molecule has 0 aliphatic carbocycles. The normalized spacial score (nSPS) is 16.4. The van der Waals surface area contributed by atoms with Crippen LogP contribution < -0.4 is 11.1 Å². The minimum atomic E-state index is -4.53. The Hall–Kier alpha value is -1.76. The second-order valence-corrected chi connectivity index (χ2v) is 4.83. The fourth-order valence-corrected chi connectivity index (χ4v) is 2.22. The van der Waals surface area contributed by atoms with Crippen LogP contribution in [0.5, 0.6) is 0 Å². The van der Waals surface area contributed by atoms with Crippen molar-refractivity contribution in [3.8, 4) is 0 Å². The van der Waals surface area contributed by atoms with E-state index in [4.69, 9.17) is 5.73 Å². The summed E-state index contributed by atoms with van der Waals surface area (Å²) in [5, 5.41) is 2.47. The largest absolute Gasteiger partial charge is 0.418 e. The Morgan fingerprint density at radius 3 is 2.55 bits per heavy atom. The fraction of sp³-hybridized carbons (Fsp3) is 0.462. The molecule has 0 aromatic heterocycles. The van der Waals surface area contributed by atoms with Crippen molar-refractivity contribution in [3.63, 3.8) is 0 Å². The van der Waals surface area contributed by atoms with Gasteiger partial charge in [-0.25, -0.2) is 0 Å². The van der Waals surface area contributed by atoms with E-state index in [9.17, 15) is 18.0 Å². The van der Waals surface area contributed by atoms with E-state index in [1.807, 2.05) is 4.90 Å². The molecule has 0 atom stereocenters. The molecule has 1 fully saturated rings. The summed E-state index contributed by atoms with van der Waals surface area (Å²) in [5.41, 5.74) is 4.12. The minimum absolute atomic E-state index is 0.107. The molecule has 0 bridgehead atoms. The maximum absolute atomic E-state index is 12.7. The van der Waals surface area contributed by atoms with Crippen molar-refractivity contribution in [2.45, 2.75) is 19.0 Å². The summed E-state index contributed by atoms with van der Waals surface area (Å²) < 4.78 is 38.1. The van der Waals surface area contributed by atoms with Crippen LogP contribution in [0.25, 0.3) is 0 Å². The first-order chi connectivity index (χ1) is 9.36. The maximum atomic E-state index is 12.7. The van der Waals surface area contributed by atoms with Gasteiger partial charge >= 0.3 is 6.18 Å². The Kier molecular flexibility index (Phi) is 4.17. The number of benzene rings is 1. The molecule has 1 aromatic carbocycles. The van der Waals surface area contributed by atoms with Crippen LogP contribution in [0.4, 0.5) is 24.5 Å². The monoisotopic (exact) mass is 287 g/mol. The highest BCUT2D eigenvalue weighted by atomic mass is 19.4. The van der Waals surface area contributed by atoms with E-state index in [1.54, 1.807) is 0 Å². The molecule has 0 spiro atoms. The number of hydrogen-bond donors (Lipinski definition) is 2. The maximum Gasteiger partial charge on any atom is 0.418 e. The van der Waals surface area contributed by atoms with E-state index in [2.05, 4.69) is 5.32 Å². The SMILES string of the molecule is Nc1ccc(NC(=O)CN2CCCC2)cc1C(F)(F)F. The van der Waals surface area contributed by atoms with Crippen molar-refractivity contribution in [3.05, 3.63) is 23.8 Å². The van der Waals surface area contributed by atoms with Crippen LogP contribution in [0, 0.1) is 0 Å². The van der Waals surface area contributed by atoms with Gasteiger partial charge in [-0.15, -0.1) is 0 Å². The number of rotatable bonds is 3. The molecule has 1 heterocycles. The Balaban J connectivity index is 2.04. The Morgan fingerprint density at radius 1 is 1.30 bits per heavy atom. The van der Waals surface area contributed by atoms with Crippen molar-refractivity contribution >= 4 is 17.3 Å². The lowest BCUT2D eigenvalue weighted by atomic mass is 10.1. The fourth-order valence-electron chi connectivity index (χ4n) is 2.22. The Bertz CT molecular complexity index is 496. The van der Waals surface area contributed by atoms with E-state index >= 15 is 0 Å². The third-order valence-corrected chi connectivity index (χ3v) is 3.21. The minimum Gasteiger partial charge on any atom is -0.398 e. The highest BCUT2D eigenvalue weighted by molar-refractivity contribution is 5.92. The number of likely N-dealkylation sites (tertiary alicyclic amines) is 1. The standard InChI is InChI=1S/C13H16F3N3O/c14-13(15,16)10-7-9(3-4-11(10)17)18-12(20)8-19-5-1-2-6-19/h3-4,7H,1-2,5-6,8,17H2,(H,18,20). The lowest BCUT2D eigenvalue weighted by molar-refractivity contribution is -0.136. The van der Waals surface area contributed by atoms with E-state index < -0.39 is 11.7 Å². The van der Waals surface area contributed by atoms with Gasteiger partial charge < -0.3 is 11.1 Å². The number of nitrogen functional groups attached to an aromatic ring is 1. The van der Waals surface area contributed by atoms with Gasteiger partial charge in [0, 0.05) is 11.4 Å². The van der Waals surface area contributed by atoms with Gasteiger partial charge in [0.15, 0.2) is 0 Å². The third kappa shape index (κ3) is 3.63. The molecule has 1 saturated heterocycles. The zero-order valence-corrected chi connectivity index (χ0v) is 10.8. The van der Waals surface area contributed by atoms with Gasteiger partial charge in [-0.3, -0.25) is 9.69 Å². The van der Waals surface area contributed by atoms with Crippen molar-refractivity contribution < 1.29 is 18.0 Å². The second-order valence-electron chi connectivity index (χ2n) is 4.83. The highest BCUT2D eigenvalue weighted by Crippen LogP contribution is 2.35. The Morgan fingerprint density at radius 2 is 1.95 bits per heavy atom. The first-order valence-electron chi connectivity index (χ1n) is 6.35. The van der Waals surface area contributed by atoms with Gasteiger partial charge in [-0.05, 0) is 44.1 Å². The van der Waals surface area contributed by atoms with Crippen molar-refractivity contribution in [1.29, 1.82) is 0 Å². The zero-order valence-electron chi connectivity index (χ0n) is 10.8. The first-order valence-corrected chi connectivity index (χ1v) is 6.35. The number of hydrogen-bond acceptors (Lipinski definition) is 3. The van der Waals surface area contributed by atoms with Crippen LogP contribution in [0.1, 0.15) is 18.4 Å². The first kappa shape index (κ1) is 14.6. The molecule has 7 heteroatoms. The van der Waals surface area contributed by atoms with E-state index in [-0.39, 0.29) is 23.8 Å². The topological polar surface area (TPSA) is 58.4 Å². The lowest BCUT2D eigenvalue weighted by Crippen LogP contribution is -2.30. The summed E-state index contributed by atoms with van der Waals surface area (Å²) in [4.78, 5) is 13.7. The molecule has 1 aromatic rings. The number of carbonyl (C=O) groups excluding carboxylic acids is 1. The molecule has 0 unspecified atom stereocenters. The van der Waals surface area contributed by atoms with Gasteiger partial charge in [-0.2, -0.15) is 13.2 Å². The quantitative estimate of drug-likeness (QED) is 0.839. The summed E-state index contributed by atoms with van der Waals surface area (Å²) in [6.07, 6.45) is -2.43. The predicted octanol–water partition coefficient (Wildman–Crippen LogP) is 2.32. The summed E-state index contributed by atoms with van der Waals surface area (Å²) in [7, 11) is 0. The van der Waals surface area contributed by atoms with Crippen LogP contribution in [-0.2, 0) is 11.0 Å². The highest BCUT2D eigenvalue weighted by Gasteiger charge is 2.33. The van der Waals surface area contributed by atoms with Crippen LogP contribution in [0.3, 0.4) is 0 Å². The smallest absolute Gasteiger partial charge is 0.398 e. The second kappa shape index (κ2) is 5.70. The van der Waals surface area contributed by atoms with Crippen LogP contribution in [-0.4, -0.2) is 30.4 Å². The van der Waals surface area contributed by atoms with Gasteiger partial charge in [0.1, 0.15) is 0 Å². The van der Waals surface area contributed by atoms with Crippen molar-refractivity contribution in [1.82, 2.24) is 4.90 Å². The lowest BCUT2D eigenvalue weighted by Gasteiger charge is -2.15. The van der Waals surface area contributed by atoms with Gasteiger partial charge in [0.05, 0.1) is 12.1 Å². The molecule has 110 valence electrons. The van der Waals surface area contributed by atoms with E-state index in [0.29, 0.717) is 0 Å². The number of alkyl halides is 3. The zero-order chi connectivity index (χ0) is 14.8. The average molecular weight is 287 g/mol. The van der Waals surface area contributed by atoms with Crippen molar-refractivity contribution in [2.24, 2.45) is 0 Å². The molecule has 1 aliphatic heterocycles. The number of nitrogens with one attached hydrogen (secondary N) is 1. The Labute approximate surface area is 114 Å². The summed E-state index contributed by atoms with van der Waals surface area (Å²) >= 11 is 0. The molecule has 1 aliphatic rings. The van der Waals surface area contributed by atoms with E-state index in [1.165, 1.54) is 6.07 Å². The molecule has 2 rings (SSSR count). The molecule has 3 N–H and O–H groups in total. The molecule has 0 saturated carbocycles. The third-order valence-electron chi connectivity index (χ3n) is 3.21. The van der Waals surface area contributed by atoms with E-state index in [0.717, 1.165) is 38.1 Å². The number of carbonyl (C=O) groups is 1.